The summed E-state index contributed by atoms with van der Waals surface area (Å²) >= 11 is 0. The molecule has 0 fully saturated rings. The second kappa shape index (κ2) is 4.28. The zero-order valence-corrected chi connectivity index (χ0v) is 10.2. The van der Waals surface area contributed by atoms with Crippen molar-refractivity contribution in [3.8, 4) is 0 Å². The van der Waals surface area contributed by atoms with Crippen LogP contribution in [0.3, 0.4) is 0 Å². The van der Waals surface area contributed by atoms with Gasteiger partial charge in [-0.3, -0.25) is 4.79 Å². The van der Waals surface area contributed by atoms with Gasteiger partial charge >= 0.3 is 0 Å². The number of carbonyl (C=O) groups is 2. The van der Waals surface area contributed by atoms with Crippen molar-refractivity contribution in [1.29, 1.82) is 0 Å². The Morgan fingerprint density at radius 1 is 1.35 bits per heavy atom. The molecule has 2 rings (SSSR count). The highest BCUT2D eigenvalue weighted by molar-refractivity contribution is 5.98. The number of hydrogen-bond donors (Lipinski definition) is 0. The molecule has 2 nitrogen and oxygen atoms in total. The average molecular weight is 228 g/mol. The molecule has 0 bridgehead atoms. The fourth-order valence-electron chi connectivity index (χ4n) is 2.55. The van der Waals surface area contributed by atoms with Crippen LogP contribution in [0.1, 0.15) is 37.8 Å². The van der Waals surface area contributed by atoms with Crippen LogP contribution in [0.25, 0.3) is 5.57 Å². The van der Waals surface area contributed by atoms with E-state index in [0.29, 0.717) is 12.8 Å². The lowest BCUT2D eigenvalue weighted by Crippen LogP contribution is -2.28. The predicted octanol–water partition coefficient (Wildman–Crippen LogP) is 2.91. The van der Waals surface area contributed by atoms with Crippen molar-refractivity contribution in [2.45, 2.75) is 32.1 Å². The molecule has 1 unspecified atom stereocenters. The Hall–Kier alpha value is -1.70. The van der Waals surface area contributed by atoms with Crippen LogP contribution in [0.15, 0.2) is 30.3 Å². The topological polar surface area (TPSA) is 34.1 Å². The first-order chi connectivity index (χ1) is 8.09. The lowest BCUT2D eigenvalue weighted by molar-refractivity contribution is -0.123. The number of allylic oxidation sites excluding steroid dienone is 2. The van der Waals surface area contributed by atoms with Crippen LogP contribution in [0, 0.1) is 0 Å². The molecule has 0 radical (unpaired) electrons. The molecular weight excluding hydrogens is 212 g/mol. The van der Waals surface area contributed by atoms with E-state index in [1.165, 1.54) is 0 Å². The van der Waals surface area contributed by atoms with Crippen LogP contribution in [0.5, 0.6) is 0 Å². The molecule has 2 heteroatoms. The number of carbonyl (C=O) groups excluding carboxylic acids is 2. The maximum atomic E-state index is 12.2. The molecule has 0 N–H and O–H groups in total. The summed E-state index contributed by atoms with van der Waals surface area (Å²) in [5.74, 6) is 0.119. The number of benzene rings is 1. The third-order valence-electron chi connectivity index (χ3n) is 3.49. The first-order valence-corrected chi connectivity index (χ1v) is 5.86. The van der Waals surface area contributed by atoms with Crippen molar-refractivity contribution in [1.82, 2.24) is 0 Å². The Labute approximate surface area is 101 Å². The van der Waals surface area contributed by atoms with Gasteiger partial charge in [-0.2, -0.15) is 0 Å². The van der Waals surface area contributed by atoms with E-state index in [0.717, 1.165) is 23.0 Å². The van der Waals surface area contributed by atoms with Crippen LogP contribution in [0.2, 0.25) is 0 Å². The summed E-state index contributed by atoms with van der Waals surface area (Å²) in [6.45, 7) is 3.96. The van der Waals surface area contributed by atoms with Crippen molar-refractivity contribution >= 4 is 17.6 Å². The van der Waals surface area contributed by atoms with Gasteiger partial charge in [-0.15, -0.1) is 0 Å². The fraction of sp³-hybridized carbons (Fsp3) is 0.333. The molecule has 0 saturated heterocycles. The van der Waals surface area contributed by atoms with Crippen molar-refractivity contribution in [3.63, 3.8) is 0 Å². The summed E-state index contributed by atoms with van der Waals surface area (Å²) in [6, 6.07) is 7.98. The van der Waals surface area contributed by atoms with E-state index >= 15 is 0 Å². The number of fused-ring (bicyclic) bond motifs is 1. The molecule has 1 aliphatic rings. The van der Waals surface area contributed by atoms with E-state index in [2.05, 4.69) is 0 Å². The third-order valence-corrected chi connectivity index (χ3v) is 3.49. The summed E-state index contributed by atoms with van der Waals surface area (Å²) in [5.41, 5.74) is 2.80. The van der Waals surface area contributed by atoms with Gasteiger partial charge in [-0.05, 0) is 30.5 Å². The van der Waals surface area contributed by atoms with E-state index < -0.39 is 5.41 Å². The molecule has 1 aliphatic carbocycles. The standard InChI is InChI=1S/C15H16O2/c1-11-10-15(2,14(17)8-5-9-16)13-7-4-3-6-12(11)13/h3-4,6-7,9-10H,5,8H2,1-2H3. The molecule has 0 amide bonds. The van der Waals surface area contributed by atoms with Gasteiger partial charge in [0, 0.05) is 12.8 Å². The maximum absolute atomic E-state index is 12.2. The monoisotopic (exact) mass is 228 g/mol. The Kier molecular flexibility index (Phi) is 2.97. The minimum atomic E-state index is -0.552. The normalized spacial score (nSPS) is 21.9. The zero-order chi connectivity index (χ0) is 12.5. The molecule has 0 saturated carbocycles. The largest absolute Gasteiger partial charge is 0.303 e. The Morgan fingerprint density at radius 3 is 2.76 bits per heavy atom. The first kappa shape index (κ1) is 11.8. The fourth-order valence-corrected chi connectivity index (χ4v) is 2.55. The number of rotatable bonds is 4. The van der Waals surface area contributed by atoms with Crippen LogP contribution in [-0.2, 0) is 15.0 Å². The zero-order valence-electron chi connectivity index (χ0n) is 10.2. The van der Waals surface area contributed by atoms with E-state index in [9.17, 15) is 9.59 Å². The molecule has 1 aromatic rings. The van der Waals surface area contributed by atoms with Crippen molar-refractivity contribution < 1.29 is 9.59 Å². The van der Waals surface area contributed by atoms with Crippen LogP contribution < -0.4 is 0 Å². The molecular formula is C15H16O2. The quantitative estimate of drug-likeness (QED) is 0.742. The van der Waals surface area contributed by atoms with E-state index in [4.69, 9.17) is 0 Å². The van der Waals surface area contributed by atoms with Gasteiger partial charge in [0.2, 0.25) is 0 Å². The molecule has 1 atom stereocenters. The molecule has 1 aromatic carbocycles. The van der Waals surface area contributed by atoms with Gasteiger partial charge in [0.25, 0.3) is 0 Å². The lowest BCUT2D eigenvalue weighted by Gasteiger charge is -2.22. The lowest BCUT2D eigenvalue weighted by atomic mass is 9.79. The molecule has 0 aliphatic heterocycles. The van der Waals surface area contributed by atoms with E-state index in [-0.39, 0.29) is 5.78 Å². The third kappa shape index (κ3) is 1.84. The molecule has 88 valence electrons. The minimum absolute atomic E-state index is 0.119. The van der Waals surface area contributed by atoms with Gasteiger partial charge < -0.3 is 4.79 Å². The summed E-state index contributed by atoms with van der Waals surface area (Å²) in [7, 11) is 0. The number of hydrogen-bond acceptors (Lipinski definition) is 2. The highest BCUT2D eigenvalue weighted by atomic mass is 16.1. The smallest absolute Gasteiger partial charge is 0.147 e. The summed E-state index contributed by atoms with van der Waals surface area (Å²) in [5, 5.41) is 0. The highest BCUT2D eigenvalue weighted by Gasteiger charge is 2.38. The predicted molar refractivity (Wildman–Crippen MR) is 67.8 cm³/mol. The molecule has 0 heterocycles. The summed E-state index contributed by atoms with van der Waals surface area (Å²) in [6.07, 6.45) is 3.45. The Balaban J connectivity index is 2.40. The Morgan fingerprint density at radius 2 is 2.06 bits per heavy atom. The number of aldehydes is 1. The van der Waals surface area contributed by atoms with Crippen molar-refractivity contribution in [2.24, 2.45) is 0 Å². The second-order valence-corrected chi connectivity index (χ2v) is 4.70. The highest BCUT2D eigenvalue weighted by Crippen LogP contribution is 2.41. The van der Waals surface area contributed by atoms with Gasteiger partial charge in [0.05, 0.1) is 5.41 Å². The second-order valence-electron chi connectivity index (χ2n) is 4.70. The summed E-state index contributed by atoms with van der Waals surface area (Å²) < 4.78 is 0. The minimum Gasteiger partial charge on any atom is -0.303 e. The Bertz CT molecular complexity index is 499. The molecule has 17 heavy (non-hydrogen) atoms. The van der Waals surface area contributed by atoms with E-state index in [1.807, 2.05) is 44.2 Å². The SMILES string of the molecule is CC1=CC(C)(C(=O)CCC=O)c2ccccc21. The van der Waals surface area contributed by atoms with Gasteiger partial charge in [0.15, 0.2) is 0 Å². The molecule has 0 aromatic heterocycles. The first-order valence-electron chi connectivity index (χ1n) is 5.86. The van der Waals surface area contributed by atoms with Crippen LogP contribution in [0.4, 0.5) is 0 Å². The average Bonchev–Trinajstić information content (AvgIpc) is 2.61. The van der Waals surface area contributed by atoms with Gasteiger partial charge in [-0.1, -0.05) is 30.3 Å². The maximum Gasteiger partial charge on any atom is 0.147 e. The van der Waals surface area contributed by atoms with Gasteiger partial charge in [-0.25, -0.2) is 0 Å². The van der Waals surface area contributed by atoms with Crippen molar-refractivity contribution in [2.75, 3.05) is 0 Å². The van der Waals surface area contributed by atoms with E-state index in [1.54, 1.807) is 0 Å². The van der Waals surface area contributed by atoms with Crippen LogP contribution >= 0.6 is 0 Å². The molecule has 0 spiro atoms. The summed E-state index contributed by atoms with van der Waals surface area (Å²) in [4.78, 5) is 22.6. The number of ketones is 1. The van der Waals surface area contributed by atoms with Crippen LogP contribution in [-0.4, -0.2) is 12.1 Å². The number of Topliss-reactive ketones (excluding diaryl/α,β-unsaturated/α-hetero) is 1. The van der Waals surface area contributed by atoms with Gasteiger partial charge in [0.1, 0.15) is 12.1 Å². The van der Waals surface area contributed by atoms with Crippen molar-refractivity contribution in [3.05, 3.63) is 41.5 Å².